The van der Waals surface area contributed by atoms with E-state index in [0.717, 1.165) is 6.92 Å². The summed E-state index contributed by atoms with van der Waals surface area (Å²) in [6.45, 7) is 0.738. The fraction of sp³-hybridized carbons (Fsp3) is 0.500. The van der Waals surface area contributed by atoms with Gasteiger partial charge in [-0.05, 0) is 0 Å². The van der Waals surface area contributed by atoms with E-state index in [4.69, 9.17) is 0 Å². The van der Waals surface area contributed by atoms with Crippen molar-refractivity contribution in [2.24, 2.45) is 0 Å². The third kappa shape index (κ3) is 5.39. The van der Waals surface area contributed by atoms with Gasteiger partial charge < -0.3 is 8.98 Å². The van der Waals surface area contributed by atoms with E-state index in [1.165, 1.54) is 0 Å². The molecule has 0 aromatic carbocycles. The molecule has 0 fully saturated rings. The maximum atomic E-state index is 10.3. The van der Waals surface area contributed by atoms with Gasteiger partial charge in [0.25, 0.3) is 0 Å². The zero-order valence-electron chi connectivity index (χ0n) is 5.23. The molecule has 0 bridgehead atoms. The van der Waals surface area contributed by atoms with Gasteiger partial charge in [-0.1, -0.05) is 0 Å². The molecule has 0 amide bonds. The highest BCUT2D eigenvalue weighted by molar-refractivity contribution is 7.75. The Kier molecular flexibility index (Phi) is 4.69. The molecular formula is C4H6O5S. The van der Waals surface area contributed by atoms with Crippen molar-refractivity contribution in [3.8, 4) is 0 Å². The molecule has 0 aliphatic carbocycles. The summed E-state index contributed by atoms with van der Waals surface area (Å²) < 4.78 is 18.5. The molecule has 1 unspecified atom stereocenters. The Bertz CT molecular complexity index is 154. The van der Waals surface area contributed by atoms with Crippen LogP contribution in [0.25, 0.3) is 0 Å². The minimum Gasteiger partial charge on any atom is -0.344 e. The van der Waals surface area contributed by atoms with Crippen molar-refractivity contribution < 1.29 is 22.2 Å². The van der Waals surface area contributed by atoms with Crippen LogP contribution in [0.3, 0.4) is 0 Å². The summed E-state index contributed by atoms with van der Waals surface area (Å²) >= 11 is -2.13. The molecule has 0 heterocycles. The van der Waals surface area contributed by atoms with Crippen molar-refractivity contribution in [1.29, 1.82) is 0 Å². The van der Waals surface area contributed by atoms with Crippen molar-refractivity contribution in [2.45, 2.75) is 6.92 Å². The highest BCUT2D eigenvalue weighted by Crippen LogP contribution is 1.87. The van der Waals surface area contributed by atoms with E-state index in [-0.39, 0.29) is 6.61 Å². The van der Waals surface area contributed by atoms with Crippen LogP contribution < -0.4 is 0 Å². The lowest BCUT2D eigenvalue weighted by atomic mass is 10.9. The number of rotatable bonds is 4. The SMILES string of the molecule is CC(=O)OS(=O)OCC=O. The summed E-state index contributed by atoms with van der Waals surface area (Å²) in [7, 11) is 0. The lowest BCUT2D eigenvalue weighted by Gasteiger charge is -1.95. The van der Waals surface area contributed by atoms with Crippen molar-refractivity contribution in [3.63, 3.8) is 0 Å². The van der Waals surface area contributed by atoms with Crippen LogP contribution in [0.2, 0.25) is 0 Å². The smallest absolute Gasteiger partial charge is 0.344 e. The van der Waals surface area contributed by atoms with E-state index in [1.807, 2.05) is 0 Å². The molecule has 1 atom stereocenters. The first-order chi connectivity index (χ1) is 4.66. The number of aldehydes is 1. The Labute approximate surface area is 60.2 Å². The highest BCUT2D eigenvalue weighted by atomic mass is 32.2. The standard InChI is InChI=1S/C4H6O5S/c1-4(6)9-10(7)8-3-2-5/h2H,3H2,1H3. The Morgan fingerprint density at radius 1 is 1.70 bits per heavy atom. The van der Waals surface area contributed by atoms with E-state index in [0.29, 0.717) is 6.29 Å². The third-order valence-corrected chi connectivity index (χ3v) is 1.12. The van der Waals surface area contributed by atoms with Crippen LogP contribution in [0.5, 0.6) is 0 Å². The quantitative estimate of drug-likeness (QED) is 0.519. The topological polar surface area (TPSA) is 69.7 Å². The van der Waals surface area contributed by atoms with Crippen LogP contribution in [0.1, 0.15) is 6.92 Å². The molecule has 0 spiro atoms. The van der Waals surface area contributed by atoms with Gasteiger partial charge >= 0.3 is 17.3 Å². The van der Waals surface area contributed by atoms with Gasteiger partial charge in [-0.3, -0.25) is 8.98 Å². The van der Waals surface area contributed by atoms with Crippen LogP contribution in [0, 0.1) is 0 Å². The highest BCUT2D eigenvalue weighted by Gasteiger charge is 2.02. The molecule has 0 aromatic heterocycles. The molecule has 6 heteroatoms. The van der Waals surface area contributed by atoms with E-state index in [2.05, 4.69) is 8.37 Å². The van der Waals surface area contributed by atoms with Crippen LogP contribution >= 0.6 is 0 Å². The Hall–Kier alpha value is -0.750. The van der Waals surface area contributed by atoms with E-state index in [9.17, 15) is 13.8 Å². The van der Waals surface area contributed by atoms with Gasteiger partial charge in [-0.25, -0.2) is 0 Å². The number of carbonyl (C=O) groups is 2. The first-order valence-corrected chi connectivity index (χ1v) is 3.34. The van der Waals surface area contributed by atoms with Crippen molar-refractivity contribution in [3.05, 3.63) is 0 Å². The molecule has 0 saturated heterocycles. The fourth-order valence-corrected chi connectivity index (χ4v) is 0.610. The van der Waals surface area contributed by atoms with E-state index in [1.54, 1.807) is 0 Å². The van der Waals surface area contributed by atoms with E-state index < -0.39 is 17.3 Å². The molecule has 0 N–H and O–H groups in total. The van der Waals surface area contributed by atoms with Gasteiger partial charge in [0.2, 0.25) is 0 Å². The normalized spacial score (nSPS) is 12.1. The molecule has 10 heavy (non-hydrogen) atoms. The predicted molar refractivity (Wildman–Crippen MR) is 31.9 cm³/mol. The van der Waals surface area contributed by atoms with Gasteiger partial charge in [0.1, 0.15) is 12.9 Å². The number of hydrogen-bond donors (Lipinski definition) is 0. The molecule has 0 rings (SSSR count). The van der Waals surface area contributed by atoms with E-state index >= 15 is 0 Å². The number of hydrogen-bond acceptors (Lipinski definition) is 5. The van der Waals surface area contributed by atoms with Gasteiger partial charge in [-0.2, -0.15) is 4.21 Å². The maximum Gasteiger partial charge on any atom is 0.363 e. The molecule has 0 aromatic rings. The average molecular weight is 166 g/mol. The monoisotopic (exact) mass is 166 g/mol. The number of carbonyl (C=O) groups excluding carboxylic acids is 2. The molecule has 0 aliphatic heterocycles. The van der Waals surface area contributed by atoms with Crippen LogP contribution in [-0.2, 0) is 29.3 Å². The summed E-state index contributed by atoms with van der Waals surface area (Å²) in [6, 6.07) is 0. The zero-order chi connectivity index (χ0) is 7.98. The minimum absolute atomic E-state index is 0.347. The Morgan fingerprint density at radius 2 is 2.30 bits per heavy atom. The molecular weight excluding hydrogens is 160 g/mol. The Morgan fingerprint density at radius 3 is 2.70 bits per heavy atom. The molecule has 5 nitrogen and oxygen atoms in total. The van der Waals surface area contributed by atoms with Gasteiger partial charge in [0, 0.05) is 6.92 Å². The van der Waals surface area contributed by atoms with Gasteiger partial charge in [-0.15, -0.1) is 0 Å². The fourth-order valence-electron chi connectivity index (χ4n) is 0.203. The second-order valence-corrected chi connectivity index (χ2v) is 2.04. The van der Waals surface area contributed by atoms with Crippen LogP contribution in [0.15, 0.2) is 0 Å². The van der Waals surface area contributed by atoms with Gasteiger partial charge in [0.15, 0.2) is 0 Å². The Balaban J connectivity index is 3.43. The third-order valence-electron chi connectivity index (χ3n) is 0.418. The second kappa shape index (κ2) is 5.07. The summed E-state index contributed by atoms with van der Waals surface area (Å²) in [4.78, 5) is 19.6. The van der Waals surface area contributed by atoms with Crippen LogP contribution in [0.4, 0.5) is 0 Å². The minimum atomic E-state index is -2.13. The van der Waals surface area contributed by atoms with Crippen LogP contribution in [-0.4, -0.2) is 23.1 Å². The predicted octanol–water partition coefficient (Wildman–Crippen LogP) is -0.656. The first-order valence-electron chi connectivity index (χ1n) is 2.34. The molecule has 0 aliphatic rings. The average Bonchev–Trinajstić information content (AvgIpc) is 1.82. The first kappa shape index (κ1) is 9.25. The van der Waals surface area contributed by atoms with Crippen molar-refractivity contribution in [2.75, 3.05) is 6.61 Å². The maximum absolute atomic E-state index is 10.3. The molecule has 0 radical (unpaired) electrons. The second-order valence-electron chi connectivity index (χ2n) is 1.23. The summed E-state index contributed by atoms with van der Waals surface area (Å²) in [6.07, 6.45) is 0.404. The lowest BCUT2D eigenvalue weighted by Crippen LogP contribution is -2.07. The summed E-state index contributed by atoms with van der Waals surface area (Å²) in [5.41, 5.74) is 0. The molecule has 0 saturated carbocycles. The van der Waals surface area contributed by atoms with Gasteiger partial charge in [0.05, 0.1) is 0 Å². The van der Waals surface area contributed by atoms with Crippen molar-refractivity contribution >= 4 is 23.6 Å². The molecule has 58 valence electrons. The summed E-state index contributed by atoms with van der Waals surface area (Å²) in [5.74, 6) is -0.718. The largest absolute Gasteiger partial charge is 0.363 e. The summed E-state index contributed by atoms with van der Waals surface area (Å²) in [5, 5.41) is 0. The lowest BCUT2D eigenvalue weighted by molar-refractivity contribution is -0.131. The zero-order valence-corrected chi connectivity index (χ0v) is 6.05. The van der Waals surface area contributed by atoms with Crippen molar-refractivity contribution in [1.82, 2.24) is 0 Å².